The van der Waals surface area contributed by atoms with Crippen LogP contribution in [0.15, 0.2) is 103 Å². The molecule has 0 fully saturated rings. The third-order valence-electron chi connectivity index (χ3n) is 4.63. The summed E-state index contributed by atoms with van der Waals surface area (Å²) in [5, 5.41) is 3.48. The Morgan fingerprint density at radius 2 is 1.19 bits per heavy atom. The highest BCUT2D eigenvalue weighted by molar-refractivity contribution is 5.62. The highest BCUT2D eigenvalue weighted by atomic mass is 14.9. The van der Waals surface area contributed by atoms with Crippen LogP contribution >= 0.6 is 0 Å². The summed E-state index contributed by atoms with van der Waals surface area (Å²) in [7, 11) is 0. The standard InChI is InChI=1S/C13H17N.C12H10/c1-3-7-12(8-4-1)11-14-13-9-5-2-6-10-13;1-3-7-11(8-4-1)12-9-5-2-6-10-12/h1-3,5-6,9-10,12,14H,4,7-8,11H2;1-10H. The molecule has 0 aromatic heterocycles. The molecule has 1 heteroatoms. The lowest BCUT2D eigenvalue weighted by Crippen LogP contribution is -2.15. The summed E-state index contributed by atoms with van der Waals surface area (Å²) in [6.45, 7) is 1.11. The summed E-state index contributed by atoms with van der Waals surface area (Å²) in [4.78, 5) is 0. The highest BCUT2D eigenvalue weighted by Crippen LogP contribution is 2.19. The zero-order chi connectivity index (χ0) is 17.9. The first-order valence-electron chi connectivity index (χ1n) is 9.46. The van der Waals surface area contributed by atoms with E-state index in [1.165, 1.54) is 36.1 Å². The maximum absolute atomic E-state index is 3.48. The molecule has 0 aliphatic heterocycles. The number of hydrogen-bond donors (Lipinski definition) is 1. The van der Waals surface area contributed by atoms with E-state index >= 15 is 0 Å². The van der Waals surface area contributed by atoms with Crippen LogP contribution in [0.3, 0.4) is 0 Å². The fraction of sp³-hybridized carbons (Fsp3) is 0.200. The molecular formula is C25H27N. The van der Waals surface area contributed by atoms with Gasteiger partial charge in [0.1, 0.15) is 0 Å². The number of nitrogens with one attached hydrogen (secondary N) is 1. The summed E-state index contributed by atoms with van der Waals surface area (Å²) in [6, 6.07) is 31.2. The van der Waals surface area contributed by atoms with Crippen molar-refractivity contribution in [3.63, 3.8) is 0 Å². The average molecular weight is 341 g/mol. The zero-order valence-corrected chi connectivity index (χ0v) is 15.2. The quantitative estimate of drug-likeness (QED) is 0.514. The molecule has 1 aliphatic rings. The van der Waals surface area contributed by atoms with E-state index in [1.54, 1.807) is 0 Å². The highest BCUT2D eigenvalue weighted by Gasteiger charge is 2.08. The van der Waals surface area contributed by atoms with Crippen molar-refractivity contribution in [3.05, 3.63) is 103 Å². The van der Waals surface area contributed by atoms with Crippen LogP contribution in [-0.2, 0) is 0 Å². The fourth-order valence-corrected chi connectivity index (χ4v) is 3.12. The molecule has 0 saturated heterocycles. The molecule has 1 aliphatic carbocycles. The molecule has 0 radical (unpaired) electrons. The first kappa shape index (κ1) is 18.0. The van der Waals surface area contributed by atoms with Crippen molar-refractivity contribution >= 4 is 5.69 Å². The SMILES string of the molecule is C1=CCC(CNc2ccccc2)CC1.c1ccc(-c2ccccc2)cc1. The molecule has 1 unspecified atom stereocenters. The second kappa shape index (κ2) is 10.2. The van der Waals surface area contributed by atoms with E-state index in [9.17, 15) is 0 Å². The summed E-state index contributed by atoms with van der Waals surface area (Å²) >= 11 is 0. The van der Waals surface area contributed by atoms with Gasteiger partial charge in [0.25, 0.3) is 0 Å². The van der Waals surface area contributed by atoms with Gasteiger partial charge in [0.05, 0.1) is 0 Å². The maximum atomic E-state index is 3.48. The van der Waals surface area contributed by atoms with E-state index in [0.29, 0.717) is 0 Å². The van der Waals surface area contributed by atoms with E-state index < -0.39 is 0 Å². The molecular weight excluding hydrogens is 314 g/mol. The van der Waals surface area contributed by atoms with Gasteiger partial charge >= 0.3 is 0 Å². The monoisotopic (exact) mass is 341 g/mol. The fourth-order valence-electron chi connectivity index (χ4n) is 3.12. The summed E-state index contributed by atoms with van der Waals surface area (Å²) in [6.07, 6.45) is 8.41. The molecule has 1 atom stereocenters. The van der Waals surface area contributed by atoms with Crippen molar-refractivity contribution in [2.75, 3.05) is 11.9 Å². The van der Waals surface area contributed by atoms with Gasteiger partial charge in [-0.05, 0) is 48.4 Å². The molecule has 1 nitrogen and oxygen atoms in total. The number of benzene rings is 3. The van der Waals surface area contributed by atoms with Gasteiger partial charge in [-0.1, -0.05) is 91.0 Å². The Hall–Kier alpha value is -2.80. The van der Waals surface area contributed by atoms with Gasteiger partial charge in [-0.15, -0.1) is 0 Å². The first-order chi connectivity index (χ1) is 12.9. The smallest absolute Gasteiger partial charge is 0.0340 e. The van der Waals surface area contributed by atoms with Crippen LogP contribution in [0.5, 0.6) is 0 Å². The van der Waals surface area contributed by atoms with E-state index in [1.807, 2.05) is 12.1 Å². The third-order valence-corrected chi connectivity index (χ3v) is 4.63. The van der Waals surface area contributed by atoms with E-state index in [4.69, 9.17) is 0 Å². The van der Waals surface area contributed by atoms with E-state index in [-0.39, 0.29) is 0 Å². The molecule has 1 N–H and O–H groups in total. The van der Waals surface area contributed by atoms with Crippen molar-refractivity contribution in [1.82, 2.24) is 0 Å². The molecule has 3 aromatic carbocycles. The van der Waals surface area contributed by atoms with Gasteiger partial charge in [-0.25, -0.2) is 0 Å². The molecule has 3 aromatic rings. The predicted molar refractivity (Wildman–Crippen MR) is 113 cm³/mol. The Morgan fingerprint density at radius 1 is 0.654 bits per heavy atom. The maximum Gasteiger partial charge on any atom is 0.0340 e. The van der Waals surface area contributed by atoms with Crippen LogP contribution < -0.4 is 5.32 Å². The van der Waals surface area contributed by atoms with Gasteiger partial charge in [0.15, 0.2) is 0 Å². The topological polar surface area (TPSA) is 12.0 Å². The van der Waals surface area contributed by atoms with Crippen LogP contribution in [-0.4, -0.2) is 6.54 Å². The Morgan fingerprint density at radius 3 is 1.69 bits per heavy atom. The minimum Gasteiger partial charge on any atom is -0.385 e. The van der Waals surface area contributed by atoms with E-state index in [0.717, 1.165) is 12.5 Å². The van der Waals surface area contributed by atoms with Gasteiger partial charge < -0.3 is 5.32 Å². The molecule has 0 heterocycles. The number of rotatable bonds is 4. The minimum atomic E-state index is 0.820. The van der Waals surface area contributed by atoms with Crippen molar-refractivity contribution < 1.29 is 0 Å². The lowest BCUT2D eigenvalue weighted by Gasteiger charge is -2.18. The molecule has 0 bridgehead atoms. The third kappa shape index (κ3) is 5.93. The number of anilines is 1. The van der Waals surface area contributed by atoms with Crippen molar-refractivity contribution in [2.45, 2.75) is 19.3 Å². The lowest BCUT2D eigenvalue weighted by molar-refractivity contribution is 0.504. The molecule has 0 saturated carbocycles. The van der Waals surface area contributed by atoms with Gasteiger partial charge in [-0.3, -0.25) is 0 Å². The zero-order valence-electron chi connectivity index (χ0n) is 15.2. The first-order valence-corrected chi connectivity index (χ1v) is 9.46. The number of allylic oxidation sites excluding steroid dienone is 2. The van der Waals surface area contributed by atoms with Gasteiger partial charge in [-0.2, -0.15) is 0 Å². The predicted octanol–water partition coefficient (Wildman–Crippen LogP) is 6.81. The number of hydrogen-bond acceptors (Lipinski definition) is 1. The molecule has 0 spiro atoms. The lowest BCUT2D eigenvalue weighted by atomic mass is 9.94. The summed E-state index contributed by atoms with van der Waals surface area (Å²) in [5.74, 6) is 0.820. The van der Waals surface area contributed by atoms with E-state index in [2.05, 4.69) is 96.3 Å². The van der Waals surface area contributed by atoms with Crippen LogP contribution in [0.25, 0.3) is 11.1 Å². The second-order valence-electron chi connectivity index (χ2n) is 6.63. The Bertz CT molecular complexity index is 726. The molecule has 0 amide bonds. The molecule has 132 valence electrons. The largest absolute Gasteiger partial charge is 0.385 e. The molecule has 4 rings (SSSR count). The molecule has 26 heavy (non-hydrogen) atoms. The van der Waals surface area contributed by atoms with Gasteiger partial charge in [0.2, 0.25) is 0 Å². The Balaban J connectivity index is 0.000000152. The van der Waals surface area contributed by atoms with Crippen LogP contribution in [0.1, 0.15) is 19.3 Å². The number of para-hydroxylation sites is 1. The van der Waals surface area contributed by atoms with Crippen molar-refractivity contribution in [3.8, 4) is 11.1 Å². The second-order valence-corrected chi connectivity index (χ2v) is 6.63. The normalized spacial score (nSPS) is 15.6. The van der Waals surface area contributed by atoms with Crippen LogP contribution in [0.4, 0.5) is 5.69 Å². The average Bonchev–Trinajstić information content (AvgIpc) is 2.75. The summed E-state index contributed by atoms with van der Waals surface area (Å²) in [5.41, 5.74) is 3.79. The van der Waals surface area contributed by atoms with Gasteiger partial charge in [0, 0.05) is 12.2 Å². The van der Waals surface area contributed by atoms with Crippen molar-refractivity contribution in [2.24, 2.45) is 5.92 Å². The Kier molecular flexibility index (Phi) is 7.10. The Labute approximate surface area is 157 Å². The van der Waals surface area contributed by atoms with Crippen molar-refractivity contribution in [1.29, 1.82) is 0 Å². The van der Waals surface area contributed by atoms with Crippen LogP contribution in [0.2, 0.25) is 0 Å². The minimum absolute atomic E-state index is 0.820. The van der Waals surface area contributed by atoms with Crippen LogP contribution in [0, 0.1) is 5.92 Å². The summed E-state index contributed by atoms with van der Waals surface area (Å²) < 4.78 is 0.